The van der Waals surface area contributed by atoms with Crippen LogP contribution in [0.25, 0.3) is 0 Å². The van der Waals surface area contributed by atoms with Crippen LogP contribution in [0.3, 0.4) is 0 Å². The number of ether oxygens (including phenoxy) is 1. The van der Waals surface area contributed by atoms with Crippen molar-refractivity contribution in [3.8, 4) is 0 Å². The van der Waals surface area contributed by atoms with Crippen LogP contribution in [0, 0.1) is 0 Å². The minimum Gasteiger partial charge on any atom is -0.383 e. The highest BCUT2D eigenvalue weighted by atomic mass is 32.2. The van der Waals surface area contributed by atoms with Gasteiger partial charge in [0.2, 0.25) is 0 Å². The maximum atomic E-state index is 11.5. The molecule has 0 radical (unpaired) electrons. The molecular formula is C9H18N4O3S. The fraction of sp³-hybridized carbons (Fsp3) is 0.667. The van der Waals surface area contributed by atoms with E-state index in [0.29, 0.717) is 6.61 Å². The summed E-state index contributed by atoms with van der Waals surface area (Å²) in [5, 5.41) is 6.63. The van der Waals surface area contributed by atoms with Gasteiger partial charge in [-0.25, -0.2) is 0 Å². The van der Waals surface area contributed by atoms with Crippen LogP contribution in [-0.2, 0) is 14.9 Å². The van der Waals surface area contributed by atoms with Crippen LogP contribution < -0.4 is 9.44 Å². The van der Waals surface area contributed by atoms with Crippen LogP contribution in [0.15, 0.2) is 6.07 Å². The van der Waals surface area contributed by atoms with Crippen molar-refractivity contribution in [2.45, 2.75) is 19.8 Å². The molecular weight excluding hydrogens is 244 g/mol. The Kier molecular flexibility index (Phi) is 4.91. The molecule has 0 saturated carbocycles. The molecule has 1 aromatic heterocycles. The van der Waals surface area contributed by atoms with E-state index >= 15 is 0 Å². The number of rotatable bonds is 7. The van der Waals surface area contributed by atoms with Crippen LogP contribution in [0.2, 0.25) is 0 Å². The molecule has 0 amide bonds. The zero-order valence-corrected chi connectivity index (χ0v) is 11.0. The van der Waals surface area contributed by atoms with Crippen molar-refractivity contribution in [2.75, 3.05) is 25.0 Å². The van der Waals surface area contributed by atoms with Gasteiger partial charge in [-0.3, -0.25) is 9.82 Å². The Balaban J connectivity index is 2.57. The van der Waals surface area contributed by atoms with Crippen molar-refractivity contribution in [2.24, 2.45) is 0 Å². The summed E-state index contributed by atoms with van der Waals surface area (Å²) in [4.78, 5) is 0. The third kappa shape index (κ3) is 4.72. The number of nitrogens with zero attached hydrogens (tertiary/aromatic N) is 1. The lowest BCUT2D eigenvalue weighted by Crippen LogP contribution is -2.32. The molecule has 0 unspecified atom stereocenters. The number of hydrogen-bond acceptors (Lipinski definition) is 4. The first-order valence-corrected chi connectivity index (χ1v) is 6.74. The number of hydrogen-bond donors (Lipinski definition) is 3. The van der Waals surface area contributed by atoms with Gasteiger partial charge >= 0.3 is 0 Å². The normalized spacial score (nSPS) is 12.0. The monoisotopic (exact) mass is 262 g/mol. The Morgan fingerprint density at radius 1 is 1.53 bits per heavy atom. The maximum Gasteiger partial charge on any atom is 0.300 e. The lowest BCUT2D eigenvalue weighted by molar-refractivity contribution is 0.204. The van der Waals surface area contributed by atoms with Crippen molar-refractivity contribution < 1.29 is 13.2 Å². The predicted molar refractivity (Wildman–Crippen MR) is 65.1 cm³/mol. The second-order valence-corrected chi connectivity index (χ2v) is 5.36. The van der Waals surface area contributed by atoms with Gasteiger partial charge in [0.1, 0.15) is 0 Å². The van der Waals surface area contributed by atoms with Gasteiger partial charge in [-0.2, -0.15) is 18.2 Å². The fourth-order valence-corrected chi connectivity index (χ4v) is 1.94. The zero-order chi connectivity index (χ0) is 12.9. The summed E-state index contributed by atoms with van der Waals surface area (Å²) in [6.45, 7) is 4.51. The third-order valence-electron chi connectivity index (χ3n) is 2.06. The van der Waals surface area contributed by atoms with E-state index in [9.17, 15) is 8.42 Å². The molecule has 0 aromatic carbocycles. The average Bonchev–Trinajstić information content (AvgIpc) is 2.65. The lowest BCUT2D eigenvalue weighted by Gasteiger charge is -2.06. The fourth-order valence-electron chi connectivity index (χ4n) is 1.14. The molecule has 1 heterocycles. The maximum absolute atomic E-state index is 11.5. The van der Waals surface area contributed by atoms with Crippen molar-refractivity contribution in [1.29, 1.82) is 0 Å². The summed E-state index contributed by atoms with van der Waals surface area (Å²) < 4.78 is 32.4. The van der Waals surface area contributed by atoms with Gasteiger partial charge in [-0.15, -0.1) is 0 Å². The standard InChI is InChI=1S/C9H18N4O3S/c1-7(2)8-6-9(12-11-8)13-17(14,15)10-4-5-16-3/h6-7,10H,4-5H2,1-3H3,(H2,11,12,13). The van der Waals surface area contributed by atoms with Crippen molar-refractivity contribution in [1.82, 2.24) is 14.9 Å². The molecule has 1 aromatic rings. The first-order chi connectivity index (χ1) is 7.94. The molecule has 17 heavy (non-hydrogen) atoms. The number of aromatic amines is 1. The highest BCUT2D eigenvalue weighted by molar-refractivity contribution is 7.90. The molecule has 1 rings (SSSR count). The second kappa shape index (κ2) is 5.99. The molecule has 0 bridgehead atoms. The quantitative estimate of drug-likeness (QED) is 0.621. The van der Waals surface area contributed by atoms with Crippen molar-refractivity contribution >= 4 is 16.0 Å². The summed E-state index contributed by atoms with van der Waals surface area (Å²) in [6.07, 6.45) is 0. The average molecular weight is 262 g/mol. The highest BCUT2D eigenvalue weighted by Crippen LogP contribution is 2.15. The zero-order valence-electron chi connectivity index (χ0n) is 10.1. The summed E-state index contributed by atoms with van der Waals surface area (Å²) >= 11 is 0. The SMILES string of the molecule is COCCNS(=O)(=O)Nc1cc(C(C)C)[nH]n1. The van der Waals surface area contributed by atoms with Crippen LogP contribution in [0.5, 0.6) is 0 Å². The first kappa shape index (κ1) is 13.9. The highest BCUT2D eigenvalue weighted by Gasteiger charge is 2.12. The van der Waals surface area contributed by atoms with Crippen LogP contribution in [0.1, 0.15) is 25.5 Å². The van der Waals surface area contributed by atoms with E-state index in [-0.39, 0.29) is 18.3 Å². The molecule has 0 aliphatic heterocycles. The van der Waals surface area contributed by atoms with Crippen LogP contribution in [0.4, 0.5) is 5.82 Å². The third-order valence-corrected chi connectivity index (χ3v) is 3.12. The summed E-state index contributed by atoms with van der Waals surface area (Å²) in [6, 6.07) is 1.67. The van der Waals surface area contributed by atoms with Crippen LogP contribution in [-0.4, -0.2) is 38.9 Å². The molecule has 3 N–H and O–H groups in total. The lowest BCUT2D eigenvalue weighted by atomic mass is 10.1. The van der Waals surface area contributed by atoms with Gasteiger partial charge < -0.3 is 4.74 Å². The molecule has 0 atom stereocenters. The minimum atomic E-state index is -3.58. The Labute approximate surface area is 101 Å². The van der Waals surface area contributed by atoms with Gasteiger partial charge in [0.15, 0.2) is 5.82 Å². The summed E-state index contributed by atoms with van der Waals surface area (Å²) in [5.74, 6) is 0.542. The van der Waals surface area contributed by atoms with E-state index in [2.05, 4.69) is 19.6 Å². The molecule has 0 spiro atoms. The molecule has 0 aliphatic carbocycles. The van der Waals surface area contributed by atoms with Crippen molar-refractivity contribution in [3.63, 3.8) is 0 Å². The molecule has 98 valence electrons. The molecule has 0 saturated heterocycles. The molecule has 7 nitrogen and oxygen atoms in total. The molecule has 0 aliphatic rings. The number of methoxy groups -OCH3 is 1. The number of aromatic nitrogens is 2. The summed E-state index contributed by atoms with van der Waals surface area (Å²) in [5.41, 5.74) is 0.875. The number of anilines is 1. The van der Waals surface area contributed by atoms with Crippen molar-refractivity contribution in [3.05, 3.63) is 11.8 Å². The first-order valence-electron chi connectivity index (χ1n) is 5.26. The van der Waals surface area contributed by atoms with E-state index in [1.54, 1.807) is 6.07 Å². The number of nitrogens with one attached hydrogen (secondary N) is 3. The summed E-state index contributed by atoms with van der Waals surface area (Å²) in [7, 11) is -2.08. The topological polar surface area (TPSA) is 96.1 Å². The van der Waals surface area contributed by atoms with E-state index < -0.39 is 10.2 Å². The second-order valence-electron chi connectivity index (χ2n) is 3.86. The van der Waals surface area contributed by atoms with E-state index in [1.165, 1.54) is 7.11 Å². The van der Waals surface area contributed by atoms with E-state index in [4.69, 9.17) is 4.74 Å². The van der Waals surface area contributed by atoms with Gasteiger partial charge in [-0.1, -0.05) is 13.8 Å². The van der Waals surface area contributed by atoms with E-state index in [1.807, 2.05) is 13.8 Å². The Hall–Kier alpha value is -1.12. The Morgan fingerprint density at radius 2 is 2.24 bits per heavy atom. The van der Waals surface area contributed by atoms with Gasteiger partial charge in [-0.05, 0) is 5.92 Å². The van der Waals surface area contributed by atoms with Gasteiger partial charge in [0.05, 0.1) is 6.61 Å². The largest absolute Gasteiger partial charge is 0.383 e. The number of H-pyrrole nitrogens is 1. The predicted octanol–water partition coefficient (Wildman–Crippen LogP) is 0.426. The van der Waals surface area contributed by atoms with Crippen LogP contribution >= 0.6 is 0 Å². The Morgan fingerprint density at radius 3 is 2.76 bits per heavy atom. The molecule has 8 heteroatoms. The Bertz CT molecular complexity index is 441. The minimum absolute atomic E-state index is 0.216. The van der Waals surface area contributed by atoms with Gasteiger partial charge in [0.25, 0.3) is 10.2 Å². The van der Waals surface area contributed by atoms with Gasteiger partial charge in [0, 0.05) is 25.4 Å². The molecule has 0 fully saturated rings. The smallest absolute Gasteiger partial charge is 0.300 e. The van der Waals surface area contributed by atoms with E-state index in [0.717, 1.165) is 5.69 Å².